The number of anilines is 1. The average Bonchev–Trinajstić information content (AvgIpc) is 2.43. The van der Waals surface area contributed by atoms with E-state index in [1.807, 2.05) is 6.07 Å². The van der Waals surface area contributed by atoms with Crippen molar-refractivity contribution in [3.63, 3.8) is 0 Å². The summed E-state index contributed by atoms with van der Waals surface area (Å²) in [5.41, 5.74) is 1.15. The minimum atomic E-state index is -3.65. The summed E-state index contributed by atoms with van der Waals surface area (Å²) in [6.07, 6.45) is 0. The van der Waals surface area contributed by atoms with Crippen molar-refractivity contribution in [3.05, 3.63) is 63.1 Å². The van der Waals surface area contributed by atoms with Crippen molar-refractivity contribution >= 4 is 43.2 Å². The normalized spacial score (nSPS) is 10.9. The number of hydrogen-bond donors (Lipinski definition) is 1. The van der Waals surface area contributed by atoms with Crippen molar-refractivity contribution in [1.82, 2.24) is 0 Å². The Morgan fingerprint density at radius 1 is 1.24 bits per heavy atom. The number of hydrogen-bond acceptors (Lipinski definition) is 3. The topological polar surface area (TPSA) is 70.0 Å². The van der Waals surface area contributed by atoms with Crippen LogP contribution in [0, 0.1) is 11.3 Å². The number of sulfonamides is 1. The van der Waals surface area contributed by atoms with E-state index in [-0.39, 0.29) is 5.75 Å². The maximum absolute atomic E-state index is 12.2. The molecule has 0 unspecified atom stereocenters. The highest BCUT2D eigenvalue weighted by Crippen LogP contribution is 2.27. The minimum Gasteiger partial charge on any atom is -0.282 e. The van der Waals surface area contributed by atoms with Gasteiger partial charge in [-0.1, -0.05) is 29.8 Å². The minimum absolute atomic E-state index is 0.282. The largest absolute Gasteiger partial charge is 0.282 e. The molecule has 2 aromatic carbocycles. The van der Waals surface area contributed by atoms with Gasteiger partial charge in [0.2, 0.25) is 10.0 Å². The van der Waals surface area contributed by atoms with Crippen molar-refractivity contribution < 1.29 is 8.42 Å². The van der Waals surface area contributed by atoms with Crippen LogP contribution in [-0.2, 0) is 15.8 Å². The molecule has 0 amide bonds. The second-order valence-electron chi connectivity index (χ2n) is 4.25. The SMILES string of the molecule is N#Cc1ccccc1CS(=O)(=O)Nc1cc(Cl)ccc1Br. The fourth-order valence-corrected chi connectivity index (χ4v) is 3.63. The lowest BCUT2D eigenvalue weighted by Crippen LogP contribution is -2.16. The van der Waals surface area contributed by atoms with Gasteiger partial charge in [-0.3, -0.25) is 4.72 Å². The summed E-state index contributed by atoms with van der Waals surface area (Å²) < 4.78 is 27.5. The Balaban J connectivity index is 2.27. The second kappa shape index (κ2) is 6.48. The molecule has 2 rings (SSSR count). The van der Waals surface area contributed by atoms with Gasteiger partial charge in [-0.05, 0) is 45.8 Å². The van der Waals surface area contributed by atoms with Gasteiger partial charge in [0.1, 0.15) is 0 Å². The smallest absolute Gasteiger partial charge is 0.237 e. The molecule has 2 aromatic rings. The van der Waals surface area contributed by atoms with Crippen molar-refractivity contribution in [3.8, 4) is 6.07 Å². The summed E-state index contributed by atoms with van der Waals surface area (Å²) in [6.45, 7) is 0. The monoisotopic (exact) mass is 384 g/mol. The van der Waals surface area contributed by atoms with Crippen molar-refractivity contribution in [2.75, 3.05) is 4.72 Å². The third kappa shape index (κ3) is 4.21. The number of nitrogens with zero attached hydrogens (tertiary/aromatic N) is 1. The molecule has 0 aliphatic rings. The van der Waals surface area contributed by atoms with Gasteiger partial charge < -0.3 is 0 Å². The number of nitriles is 1. The molecule has 0 saturated heterocycles. The van der Waals surface area contributed by atoms with Crippen LogP contribution in [0.4, 0.5) is 5.69 Å². The Kier molecular flexibility index (Phi) is 4.88. The molecule has 0 aliphatic heterocycles. The molecule has 0 fully saturated rings. The third-order valence-electron chi connectivity index (χ3n) is 2.68. The van der Waals surface area contributed by atoms with E-state index in [1.165, 1.54) is 6.07 Å². The van der Waals surface area contributed by atoms with Gasteiger partial charge >= 0.3 is 0 Å². The lowest BCUT2D eigenvalue weighted by atomic mass is 10.1. The van der Waals surface area contributed by atoms with Crippen molar-refractivity contribution in [1.29, 1.82) is 5.26 Å². The highest BCUT2D eigenvalue weighted by molar-refractivity contribution is 9.10. The average molecular weight is 386 g/mol. The number of nitrogens with one attached hydrogen (secondary N) is 1. The molecule has 1 N–H and O–H groups in total. The molecule has 0 saturated carbocycles. The molecule has 0 spiro atoms. The van der Waals surface area contributed by atoms with E-state index in [1.54, 1.807) is 36.4 Å². The molecule has 0 atom stereocenters. The Bertz CT molecular complexity index is 816. The molecular formula is C14H10BrClN2O2S. The van der Waals surface area contributed by atoms with Crippen molar-refractivity contribution in [2.24, 2.45) is 0 Å². The first kappa shape index (κ1) is 15.8. The fraction of sp³-hybridized carbons (Fsp3) is 0.0714. The van der Waals surface area contributed by atoms with E-state index < -0.39 is 10.0 Å². The predicted octanol–water partition coefficient (Wildman–Crippen LogP) is 3.92. The van der Waals surface area contributed by atoms with Gasteiger partial charge in [-0.25, -0.2) is 8.42 Å². The Labute approximate surface area is 136 Å². The van der Waals surface area contributed by atoms with Gasteiger partial charge in [0.25, 0.3) is 0 Å². The standard InChI is InChI=1S/C14H10BrClN2O2S/c15-13-6-5-12(16)7-14(13)18-21(19,20)9-11-4-2-1-3-10(11)8-17/h1-7,18H,9H2. The highest BCUT2D eigenvalue weighted by atomic mass is 79.9. The lowest BCUT2D eigenvalue weighted by Gasteiger charge is -2.11. The van der Waals surface area contributed by atoms with Crippen LogP contribution >= 0.6 is 27.5 Å². The van der Waals surface area contributed by atoms with Crippen LogP contribution in [0.1, 0.15) is 11.1 Å². The molecule has 108 valence electrons. The number of halogens is 2. The van der Waals surface area contributed by atoms with Gasteiger partial charge in [0.15, 0.2) is 0 Å². The molecular weight excluding hydrogens is 376 g/mol. The summed E-state index contributed by atoms with van der Waals surface area (Å²) in [7, 11) is -3.65. The Morgan fingerprint density at radius 2 is 1.95 bits per heavy atom. The predicted molar refractivity (Wildman–Crippen MR) is 86.6 cm³/mol. The Morgan fingerprint density at radius 3 is 2.67 bits per heavy atom. The lowest BCUT2D eigenvalue weighted by molar-refractivity contribution is 0.600. The van der Waals surface area contributed by atoms with E-state index in [0.29, 0.717) is 26.3 Å². The highest BCUT2D eigenvalue weighted by Gasteiger charge is 2.16. The zero-order valence-electron chi connectivity index (χ0n) is 10.7. The van der Waals surface area contributed by atoms with Crippen LogP contribution in [0.3, 0.4) is 0 Å². The van der Waals surface area contributed by atoms with Crippen molar-refractivity contribution in [2.45, 2.75) is 5.75 Å². The second-order valence-corrected chi connectivity index (χ2v) is 7.27. The fourth-order valence-electron chi connectivity index (χ4n) is 1.74. The number of rotatable bonds is 4. The quantitative estimate of drug-likeness (QED) is 0.867. The van der Waals surface area contributed by atoms with Gasteiger partial charge in [0.05, 0.1) is 23.1 Å². The van der Waals surface area contributed by atoms with Gasteiger partial charge in [-0.2, -0.15) is 5.26 Å². The van der Waals surface area contributed by atoms with E-state index in [0.717, 1.165) is 0 Å². The van der Waals surface area contributed by atoms with E-state index in [9.17, 15) is 8.42 Å². The van der Waals surface area contributed by atoms with Crippen LogP contribution in [0.25, 0.3) is 0 Å². The summed E-state index contributed by atoms with van der Waals surface area (Å²) in [5.74, 6) is -0.282. The number of benzene rings is 2. The van der Waals surface area contributed by atoms with Crippen LogP contribution < -0.4 is 4.72 Å². The maximum Gasteiger partial charge on any atom is 0.237 e. The van der Waals surface area contributed by atoms with Gasteiger partial charge in [-0.15, -0.1) is 0 Å². The summed E-state index contributed by atoms with van der Waals surface area (Å²) >= 11 is 9.11. The zero-order chi connectivity index (χ0) is 15.5. The van der Waals surface area contributed by atoms with E-state index >= 15 is 0 Å². The summed E-state index contributed by atoms with van der Waals surface area (Å²) in [5, 5.41) is 9.42. The molecule has 21 heavy (non-hydrogen) atoms. The summed E-state index contributed by atoms with van der Waals surface area (Å²) in [6, 6.07) is 13.4. The van der Waals surface area contributed by atoms with Gasteiger partial charge in [0, 0.05) is 9.50 Å². The molecule has 4 nitrogen and oxygen atoms in total. The molecule has 0 aromatic heterocycles. The molecule has 7 heteroatoms. The first-order valence-corrected chi connectivity index (χ1v) is 8.67. The first-order chi connectivity index (χ1) is 9.91. The van der Waals surface area contributed by atoms with Crippen LogP contribution in [0.15, 0.2) is 46.9 Å². The van der Waals surface area contributed by atoms with E-state index in [4.69, 9.17) is 16.9 Å². The Hall–Kier alpha value is -1.55. The molecule has 0 bridgehead atoms. The van der Waals surface area contributed by atoms with Crippen LogP contribution in [0.5, 0.6) is 0 Å². The summed E-state index contributed by atoms with van der Waals surface area (Å²) in [4.78, 5) is 0. The first-order valence-electron chi connectivity index (χ1n) is 5.85. The molecule has 0 aliphatic carbocycles. The molecule has 0 radical (unpaired) electrons. The molecule has 0 heterocycles. The van der Waals surface area contributed by atoms with Crippen LogP contribution in [-0.4, -0.2) is 8.42 Å². The van der Waals surface area contributed by atoms with Crippen LogP contribution in [0.2, 0.25) is 5.02 Å². The van der Waals surface area contributed by atoms with E-state index in [2.05, 4.69) is 20.7 Å². The zero-order valence-corrected chi connectivity index (χ0v) is 13.8. The maximum atomic E-state index is 12.2. The third-order valence-corrected chi connectivity index (χ3v) is 4.83.